The Hall–Kier alpha value is -1.21. The summed E-state index contributed by atoms with van der Waals surface area (Å²) in [6, 6.07) is 0. The third kappa shape index (κ3) is 5.04. The molecule has 0 fully saturated rings. The number of alkyl halides is 6. The molecule has 94 valence electrons. The molecular formula is C8H8F6O2. The van der Waals surface area contributed by atoms with E-state index in [1.165, 1.54) is 13.8 Å². The van der Waals surface area contributed by atoms with Crippen molar-refractivity contribution in [2.45, 2.75) is 32.3 Å². The van der Waals surface area contributed by atoms with E-state index >= 15 is 0 Å². The highest BCUT2D eigenvalue weighted by Crippen LogP contribution is 2.29. The molecule has 0 rings (SSSR count). The summed E-state index contributed by atoms with van der Waals surface area (Å²) in [4.78, 5) is 10.3. The molecule has 0 aliphatic rings. The molecule has 0 aromatic heterocycles. The van der Waals surface area contributed by atoms with Gasteiger partial charge < -0.3 is 4.74 Å². The number of ether oxygens (including phenoxy) is 1. The quantitative estimate of drug-likeness (QED) is 0.437. The summed E-state index contributed by atoms with van der Waals surface area (Å²) in [7, 11) is 0. The molecule has 0 saturated heterocycles. The Morgan fingerprint density at radius 3 is 1.75 bits per heavy atom. The van der Waals surface area contributed by atoms with Gasteiger partial charge in [-0.2, -0.15) is 26.3 Å². The number of allylic oxidation sites excluding steroid dienone is 2. The second-order valence-corrected chi connectivity index (χ2v) is 3.03. The Morgan fingerprint density at radius 1 is 1.06 bits per heavy atom. The summed E-state index contributed by atoms with van der Waals surface area (Å²) < 4.78 is 75.6. The van der Waals surface area contributed by atoms with E-state index in [4.69, 9.17) is 0 Å². The Morgan fingerprint density at radius 2 is 1.50 bits per heavy atom. The second-order valence-electron chi connectivity index (χ2n) is 3.03. The first-order chi connectivity index (χ1) is 6.94. The lowest BCUT2D eigenvalue weighted by Gasteiger charge is -2.16. The first-order valence-corrected chi connectivity index (χ1v) is 4.01. The van der Waals surface area contributed by atoms with Crippen molar-refractivity contribution in [1.82, 2.24) is 0 Å². The molecule has 0 N–H and O–H groups in total. The zero-order chi connectivity index (χ0) is 13.1. The SMILES string of the molecule is CC(C)O/C(=C\C(=O)C(F)(F)F)C(F)(F)F. The van der Waals surface area contributed by atoms with Crippen molar-refractivity contribution in [3.8, 4) is 0 Å². The van der Waals surface area contributed by atoms with E-state index in [-0.39, 0.29) is 0 Å². The van der Waals surface area contributed by atoms with Crippen LogP contribution in [0.1, 0.15) is 13.8 Å². The largest absolute Gasteiger partial charge is 0.486 e. The normalized spacial score (nSPS) is 14.2. The van der Waals surface area contributed by atoms with Gasteiger partial charge >= 0.3 is 12.4 Å². The average Bonchev–Trinajstić information content (AvgIpc) is 1.98. The Labute approximate surface area is 86.9 Å². The fourth-order valence-electron chi connectivity index (χ4n) is 0.637. The molecule has 0 aromatic rings. The molecule has 2 nitrogen and oxygen atoms in total. The lowest BCUT2D eigenvalue weighted by atomic mass is 10.3. The molecule has 16 heavy (non-hydrogen) atoms. The maximum Gasteiger partial charge on any atom is 0.454 e. The van der Waals surface area contributed by atoms with E-state index in [0.717, 1.165) is 0 Å². The number of ketones is 1. The summed E-state index contributed by atoms with van der Waals surface area (Å²) in [6.45, 7) is 2.38. The van der Waals surface area contributed by atoms with Gasteiger partial charge in [0.25, 0.3) is 5.78 Å². The molecule has 0 aliphatic carbocycles. The second kappa shape index (κ2) is 4.75. The Balaban J connectivity index is 5.06. The molecule has 8 heteroatoms. The number of hydrogen-bond acceptors (Lipinski definition) is 2. The van der Waals surface area contributed by atoms with E-state index in [0.29, 0.717) is 0 Å². The number of hydrogen-bond donors (Lipinski definition) is 0. The van der Waals surface area contributed by atoms with Crippen LogP contribution in [0.2, 0.25) is 0 Å². The predicted molar refractivity (Wildman–Crippen MR) is 41.4 cm³/mol. The minimum absolute atomic E-state index is 0.597. The van der Waals surface area contributed by atoms with Crippen molar-refractivity contribution < 1.29 is 35.9 Å². The number of carbonyl (C=O) groups is 1. The monoisotopic (exact) mass is 250 g/mol. The molecule has 0 bridgehead atoms. The maximum absolute atomic E-state index is 12.1. The van der Waals surface area contributed by atoms with Crippen molar-refractivity contribution in [2.75, 3.05) is 0 Å². The van der Waals surface area contributed by atoms with Crippen LogP contribution in [-0.4, -0.2) is 24.2 Å². The first-order valence-electron chi connectivity index (χ1n) is 4.01. The van der Waals surface area contributed by atoms with Crippen LogP contribution >= 0.6 is 0 Å². The van der Waals surface area contributed by atoms with Crippen molar-refractivity contribution >= 4 is 5.78 Å². The molecule has 0 aliphatic heterocycles. The summed E-state index contributed by atoms with van der Waals surface area (Å²) in [5, 5.41) is 0. The minimum atomic E-state index is -5.35. The smallest absolute Gasteiger partial charge is 0.454 e. The minimum Gasteiger partial charge on any atom is -0.486 e. The van der Waals surface area contributed by atoms with E-state index in [9.17, 15) is 31.1 Å². The fraction of sp³-hybridized carbons (Fsp3) is 0.625. The zero-order valence-electron chi connectivity index (χ0n) is 8.24. The lowest BCUT2D eigenvalue weighted by Crippen LogP contribution is -2.25. The zero-order valence-corrected chi connectivity index (χ0v) is 8.24. The van der Waals surface area contributed by atoms with Gasteiger partial charge in [0.05, 0.1) is 6.10 Å². The molecule has 0 saturated carbocycles. The number of halogens is 6. The van der Waals surface area contributed by atoms with Crippen molar-refractivity contribution in [1.29, 1.82) is 0 Å². The highest BCUT2D eigenvalue weighted by molar-refractivity contribution is 5.94. The van der Waals surface area contributed by atoms with Crippen molar-refractivity contribution in [2.24, 2.45) is 0 Å². The summed E-state index contributed by atoms with van der Waals surface area (Å²) in [5.74, 6) is -4.56. The molecule has 0 radical (unpaired) electrons. The maximum atomic E-state index is 12.1. The Bertz CT molecular complexity index is 286. The third-order valence-corrected chi connectivity index (χ3v) is 1.18. The predicted octanol–water partition coefficient (Wildman–Crippen LogP) is 2.99. The molecule has 0 amide bonds. The van der Waals surface area contributed by atoms with Gasteiger partial charge in [-0.1, -0.05) is 0 Å². The summed E-state index contributed by atoms with van der Waals surface area (Å²) in [5.41, 5.74) is 0. The van der Waals surface area contributed by atoms with Gasteiger partial charge in [-0.05, 0) is 13.8 Å². The van der Waals surface area contributed by atoms with Crippen molar-refractivity contribution in [3.05, 3.63) is 11.8 Å². The van der Waals surface area contributed by atoms with Gasteiger partial charge in [0.1, 0.15) is 0 Å². The van der Waals surface area contributed by atoms with Gasteiger partial charge in [-0.25, -0.2) is 0 Å². The molecule has 0 spiro atoms. The topological polar surface area (TPSA) is 26.3 Å². The van der Waals surface area contributed by atoms with Gasteiger partial charge in [0.2, 0.25) is 5.76 Å². The lowest BCUT2D eigenvalue weighted by molar-refractivity contribution is -0.167. The van der Waals surface area contributed by atoms with E-state index in [1.807, 2.05) is 0 Å². The van der Waals surface area contributed by atoms with Gasteiger partial charge in [0.15, 0.2) is 0 Å². The molecular weight excluding hydrogens is 242 g/mol. The van der Waals surface area contributed by atoms with Crippen molar-refractivity contribution in [3.63, 3.8) is 0 Å². The van der Waals surface area contributed by atoms with Crippen LogP contribution in [0, 0.1) is 0 Å². The van der Waals surface area contributed by atoms with Gasteiger partial charge in [0, 0.05) is 6.08 Å². The highest BCUT2D eigenvalue weighted by atomic mass is 19.4. The van der Waals surface area contributed by atoms with Gasteiger partial charge in [-0.15, -0.1) is 0 Å². The van der Waals surface area contributed by atoms with Gasteiger partial charge in [-0.3, -0.25) is 4.79 Å². The van der Waals surface area contributed by atoms with Crippen LogP contribution in [0.25, 0.3) is 0 Å². The van der Waals surface area contributed by atoms with Crippen LogP contribution in [-0.2, 0) is 9.53 Å². The molecule has 0 heterocycles. The molecule has 0 aromatic carbocycles. The van der Waals surface area contributed by atoms with E-state index < -0.39 is 36.1 Å². The van der Waals surface area contributed by atoms with Crippen LogP contribution in [0.3, 0.4) is 0 Å². The van der Waals surface area contributed by atoms with Crippen LogP contribution in [0.5, 0.6) is 0 Å². The fourth-order valence-corrected chi connectivity index (χ4v) is 0.637. The highest BCUT2D eigenvalue weighted by Gasteiger charge is 2.42. The van der Waals surface area contributed by atoms with Crippen LogP contribution in [0.15, 0.2) is 11.8 Å². The molecule has 0 unspecified atom stereocenters. The molecule has 0 atom stereocenters. The number of carbonyl (C=O) groups excluding carboxylic acids is 1. The first kappa shape index (κ1) is 14.8. The van der Waals surface area contributed by atoms with E-state index in [2.05, 4.69) is 4.74 Å². The number of rotatable bonds is 3. The summed E-state index contributed by atoms with van der Waals surface area (Å²) >= 11 is 0. The Kier molecular flexibility index (Phi) is 4.39. The summed E-state index contributed by atoms with van der Waals surface area (Å²) in [6.07, 6.45) is -12.1. The third-order valence-electron chi connectivity index (χ3n) is 1.18. The van der Waals surface area contributed by atoms with Crippen LogP contribution in [0.4, 0.5) is 26.3 Å². The average molecular weight is 250 g/mol. The van der Waals surface area contributed by atoms with E-state index in [1.54, 1.807) is 0 Å². The van der Waals surface area contributed by atoms with Crippen LogP contribution < -0.4 is 0 Å². The standard InChI is InChI=1S/C8H8F6O2/c1-4(2)16-6(8(12,13)14)3-5(15)7(9,10)11/h3-4H,1-2H3/b6-3-.